The van der Waals surface area contributed by atoms with Crippen LogP contribution in [0.3, 0.4) is 0 Å². The van der Waals surface area contributed by atoms with E-state index in [1.807, 2.05) is 54.6 Å². The topological polar surface area (TPSA) is 68.1 Å². The van der Waals surface area contributed by atoms with Crippen molar-refractivity contribution in [3.05, 3.63) is 60.2 Å². The SMILES string of the molecule is CC1(C(=O)O)CC(c2cccc(Oc3ccccc3)c2)=NO1. The fraction of sp³-hybridized carbons (Fsp3) is 0.176. The highest BCUT2D eigenvalue weighted by Crippen LogP contribution is 2.29. The van der Waals surface area contributed by atoms with Gasteiger partial charge in [-0.3, -0.25) is 0 Å². The molecular formula is C17H15NO4. The summed E-state index contributed by atoms with van der Waals surface area (Å²) in [6.45, 7) is 1.51. The lowest BCUT2D eigenvalue weighted by Crippen LogP contribution is -2.35. The molecule has 5 nitrogen and oxygen atoms in total. The van der Waals surface area contributed by atoms with Gasteiger partial charge in [0, 0.05) is 12.0 Å². The van der Waals surface area contributed by atoms with Crippen LogP contribution in [0.15, 0.2) is 59.8 Å². The van der Waals surface area contributed by atoms with Crippen molar-refractivity contribution in [1.82, 2.24) is 0 Å². The maximum Gasteiger partial charge on any atom is 0.351 e. The van der Waals surface area contributed by atoms with Crippen molar-refractivity contribution in [2.45, 2.75) is 18.9 Å². The van der Waals surface area contributed by atoms with Gasteiger partial charge in [-0.1, -0.05) is 35.5 Å². The van der Waals surface area contributed by atoms with E-state index in [4.69, 9.17) is 14.7 Å². The summed E-state index contributed by atoms with van der Waals surface area (Å²) in [5, 5.41) is 13.1. The molecule has 2 aromatic carbocycles. The highest BCUT2D eigenvalue weighted by atomic mass is 16.7. The Hall–Kier alpha value is -2.82. The van der Waals surface area contributed by atoms with Crippen LogP contribution in [0.2, 0.25) is 0 Å². The van der Waals surface area contributed by atoms with Gasteiger partial charge in [0.1, 0.15) is 11.5 Å². The van der Waals surface area contributed by atoms with Crippen molar-refractivity contribution in [3.63, 3.8) is 0 Å². The molecule has 1 heterocycles. The van der Waals surface area contributed by atoms with Gasteiger partial charge in [0.05, 0.1) is 5.71 Å². The van der Waals surface area contributed by atoms with Gasteiger partial charge in [-0.05, 0) is 31.2 Å². The molecule has 1 atom stereocenters. The zero-order valence-corrected chi connectivity index (χ0v) is 12.0. The Morgan fingerprint density at radius 1 is 1.18 bits per heavy atom. The van der Waals surface area contributed by atoms with Crippen LogP contribution in [-0.4, -0.2) is 22.4 Å². The van der Waals surface area contributed by atoms with Crippen molar-refractivity contribution in [2.24, 2.45) is 5.16 Å². The number of aliphatic carboxylic acids is 1. The molecule has 0 aliphatic carbocycles. The van der Waals surface area contributed by atoms with Gasteiger partial charge < -0.3 is 14.7 Å². The van der Waals surface area contributed by atoms with Gasteiger partial charge in [0.15, 0.2) is 0 Å². The molecule has 1 N–H and O–H groups in total. The van der Waals surface area contributed by atoms with Crippen molar-refractivity contribution in [3.8, 4) is 11.5 Å². The summed E-state index contributed by atoms with van der Waals surface area (Å²) in [5.74, 6) is 0.373. The van der Waals surface area contributed by atoms with Crippen LogP contribution in [0, 0.1) is 0 Å². The number of oxime groups is 1. The molecule has 0 radical (unpaired) electrons. The summed E-state index contributed by atoms with van der Waals surface area (Å²) in [6.07, 6.45) is 0.219. The molecule has 0 aromatic heterocycles. The Kier molecular flexibility index (Phi) is 3.55. The number of carboxylic acid groups (broad SMARTS) is 1. The lowest BCUT2D eigenvalue weighted by atomic mass is 9.96. The Morgan fingerprint density at radius 3 is 2.59 bits per heavy atom. The first-order valence-electron chi connectivity index (χ1n) is 6.89. The molecule has 0 bridgehead atoms. The molecule has 22 heavy (non-hydrogen) atoms. The number of para-hydroxylation sites is 1. The molecule has 0 amide bonds. The zero-order valence-electron chi connectivity index (χ0n) is 12.0. The van der Waals surface area contributed by atoms with E-state index in [-0.39, 0.29) is 6.42 Å². The van der Waals surface area contributed by atoms with Crippen LogP contribution in [0.25, 0.3) is 0 Å². The average molecular weight is 297 g/mol. The number of carbonyl (C=O) groups is 1. The third-order valence-corrected chi connectivity index (χ3v) is 3.46. The molecule has 1 aliphatic rings. The van der Waals surface area contributed by atoms with Gasteiger partial charge in [0.2, 0.25) is 5.60 Å². The molecule has 2 aromatic rings. The highest BCUT2D eigenvalue weighted by Gasteiger charge is 2.42. The summed E-state index contributed by atoms with van der Waals surface area (Å²) < 4.78 is 5.77. The molecule has 5 heteroatoms. The second-order valence-electron chi connectivity index (χ2n) is 5.28. The molecule has 0 fully saturated rings. The quantitative estimate of drug-likeness (QED) is 0.938. The summed E-state index contributed by atoms with van der Waals surface area (Å²) in [5.41, 5.74) is 0.0906. The van der Waals surface area contributed by atoms with E-state index in [0.717, 1.165) is 11.3 Å². The molecule has 3 rings (SSSR count). The Bertz CT molecular complexity index is 726. The molecule has 0 saturated carbocycles. The largest absolute Gasteiger partial charge is 0.478 e. The maximum atomic E-state index is 11.2. The van der Waals surface area contributed by atoms with E-state index in [1.54, 1.807) is 0 Å². The normalized spacial score (nSPS) is 20.1. The number of ether oxygens (including phenoxy) is 1. The molecule has 1 unspecified atom stereocenters. The third-order valence-electron chi connectivity index (χ3n) is 3.46. The van der Waals surface area contributed by atoms with Gasteiger partial charge in [-0.25, -0.2) is 4.79 Å². The summed E-state index contributed by atoms with van der Waals surface area (Å²) in [7, 11) is 0. The summed E-state index contributed by atoms with van der Waals surface area (Å²) in [4.78, 5) is 16.3. The Balaban J connectivity index is 1.79. The predicted molar refractivity (Wildman–Crippen MR) is 81.2 cm³/mol. The maximum absolute atomic E-state index is 11.2. The Morgan fingerprint density at radius 2 is 1.91 bits per heavy atom. The standard InChI is InChI=1S/C17H15NO4/c1-17(16(19)20)11-15(18-22-17)12-6-5-9-14(10-12)21-13-7-3-2-4-8-13/h2-10H,11H2,1H3,(H,19,20). The van der Waals surface area contributed by atoms with Crippen LogP contribution in [-0.2, 0) is 9.63 Å². The molecule has 112 valence electrons. The van der Waals surface area contributed by atoms with Crippen molar-refractivity contribution in [1.29, 1.82) is 0 Å². The smallest absolute Gasteiger partial charge is 0.351 e. The zero-order chi connectivity index (χ0) is 15.6. The minimum atomic E-state index is -1.30. The first-order valence-corrected chi connectivity index (χ1v) is 6.89. The molecule has 0 spiro atoms. The number of benzene rings is 2. The minimum absolute atomic E-state index is 0.219. The van der Waals surface area contributed by atoms with E-state index in [0.29, 0.717) is 11.5 Å². The van der Waals surface area contributed by atoms with E-state index in [1.165, 1.54) is 6.92 Å². The molecule has 1 aliphatic heterocycles. The number of carboxylic acids is 1. The predicted octanol–water partition coefficient (Wildman–Crippen LogP) is 3.45. The van der Waals surface area contributed by atoms with Gasteiger partial charge in [0.25, 0.3) is 0 Å². The van der Waals surface area contributed by atoms with E-state index in [2.05, 4.69) is 5.16 Å². The van der Waals surface area contributed by atoms with Crippen LogP contribution < -0.4 is 4.74 Å². The minimum Gasteiger partial charge on any atom is -0.478 e. The number of hydrogen-bond donors (Lipinski definition) is 1. The van der Waals surface area contributed by atoms with Gasteiger partial charge >= 0.3 is 5.97 Å². The lowest BCUT2D eigenvalue weighted by molar-refractivity contribution is -0.160. The highest BCUT2D eigenvalue weighted by molar-refractivity contribution is 6.04. The summed E-state index contributed by atoms with van der Waals surface area (Å²) >= 11 is 0. The second-order valence-corrected chi connectivity index (χ2v) is 5.28. The fourth-order valence-electron chi connectivity index (χ4n) is 2.17. The Labute approximate surface area is 127 Å². The van der Waals surface area contributed by atoms with Crippen LogP contribution in [0.1, 0.15) is 18.9 Å². The average Bonchev–Trinajstić information content (AvgIpc) is 2.93. The van der Waals surface area contributed by atoms with Crippen LogP contribution in [0.5, 0.6) is 11.5 Å². The number of rotatable bonds is 4. The van der Waals surface area contributed by atoms with Crippen LogP contribution in [0.4, 0.5) is 0 Å². The first kappa shape index (κ1) is 14.1. The van der Waals surface area contributed by atoms with Crippen LogP contribution >= 0.6 is 0 Å². The van der Waals surface area contributed by atoms with Crippen molar-refractivity contribution in [2.75, 3.05) is 0 Å². The second kappa shape index (κ2) is 5.52. The number of hydrogen-bond acceptors (Lipinski definition) is 4. The van der Waals surface area contributed by atoms with E-state index < -0.39 is 11.6 Å². The monoisotopic (exact) mass is 297 g/mol. The van der Waals surface area contributed by atoms with Crippen molar-refractivity contribution < 1.29 is 19.5 Å². The van der Waals surface area contributed by atoms with Crippen molar-refractivity contribution >= 4 is 11.7 Å². The lowest BCUT2D eigenvalue weighted by Gasteiger charge is -2.14. The fourth-order valence-corrected chi connectivity index (χ4v) is 2.17. The van der Waals surface area contributed by atoms with E-state index in [9.17, 15) is 4.79 Å². The first-order chi connectivity index (χ1) is 10.6. The number of nitrogens with zero attached hydrogens (tertiary/aromatic N) is 1. The van der Waals surface area contributed by atoms with Gasteiger partial charge in [-0.15, -0.1) is 0 Å². The summed E-state index contributed by atoms with van der Waals surface area (Å²) in [6, 6.07) is 16.8. The van der Waals surface area contributed by atoms with Gasteiger partial charge in [-0.2, -0.15) is 0 Å². The van der Waals surface area contributed by atoms with E-state index >= 15 is 0 Å². The third kappa shape index (κ3) is 2.79. The molecular weight excluding hydrogens is 282 g/mol. The molecule has 0 saturated heterocycles.